The zero-order valence-corrected chi connectivity index (χ0v) is 21.2. The van der Waals surface area contributed by atoms with Gasteiger partial charge in [-0.15, -0.1) is 0 Å². The molecule has 5 heterocycles. The van der Waals surface area contributed by atoms with Crippen LogP contribution in [0.5, 0.6) is 0 Å². The average molecular weight is 516 g/mol. The van der Waals surface area contributed by atoms with E-state index in [0.29, 0.717) is 61.0 Å². The van der Waals surface area contributed by atoms with Crippen molar-refractivity contribution in [3.63, 3.8) is 0 Å². The Balaban J connectivity index is 1.14. The van der Waals surface area contributed by atoms with Crippen LogP contribution in [0, 0.1) is 34.0 Å². The molecule has 0 unspecified atom stereocenters. The predicted octanol–water partition coefficient (Wildman–Crippen LogP) is 3.40. The second kappa shape index (κ2) is 9.72. The molecular weight excluding hydrogens is 490 g/mol. The van der Waals surface area contributed by atoms with Gasteiger partial charge in [0.1, 0.15) is 17.3 Å². The van der Waals surface area contributed by atoms with Gasteiger partial charge in [-0.05, 0) is 43.2 Å². The molecule has 0 radical (unpaired) electrons. The summed E-state index contributed by atoms with van der Waals surface area (Å²) in [6, 6.07) is 15.7. The molecule has 4 aromatic rings. The molecule has 1 aromatic carbocycles. The van der Waals surface area contributed by atoms with Crippen molar-refractivity contribution in [2.75, 3.05) is 26.2 Å². The van der Waals surface area contributed by atoms with E-state index in [1.165, 1.54) is 0 Å². The molecule has 0 spiro atoms. The number of aromatic nitrogens is 4. The summed E-state index contributed by atoms with van der Waals surface area (Å²) in [6.45, 7) is 2.75. The number of amides is 1. The van der Waals surface area contributed by atoms with Crippen LogP contribution in [0.3, 0.4) is 0 Å². The number of aromatic amines is 1. The Morgan fingerprint density at radius 1 is 1.05 bits per heavy atom. The van der Waals surface area contributed by atoms with Crippen molar-refractivity contribution in [1.29, 1.82) is 15.8 Å². The van der Waals surface area contributed by atoms with Gasteiger partial charge < -0.3 is 9.88 Å². The Kier molecular flexibility index (Phi) is 6.07. The first-order valence-electron chi connectivity index (χ1n) is 12.9. The molecule has 2 saturated heterocycles. The molecule has 0 saturated carbocycles. The van der Waals surface area contributed by atoms with Crippen LogP contribution in [-0.2, 0) is 5.54 Å². The van der Waals surface area contributed by atoms with Gasteiger partial charge >= 0.3 is 0 Å². The molecule has 192 valence electrons. The lowest BCUT2D eigenvalue weighted by Gasteiger charge is -2.53. The van der Waals surface area contributed by atoms with Crippen LogP contribution in [0.1, 0.15) is 40.7 Å². The van der Waals surface area contributed by atoms with Gasteiger partial charge in [0.2, 0.25) is 0 Å². The Bertz CT molecular complexity index is 1660. The number of rotatable bonds is 5. The van der Waals surface area contributed by atoms with Gasteiger partial charge in [-0.2, -0.15) is 20.9 Å². The van der Waals surface area contributed by atoms with E-state index in [1.54, 1.807) is 42.9 Å². The molecule has 10 nitrogen and oxygen atoms in total. The van der Waals surface area contributed by atoms with Crippen LogP contribution in [0.15, 0.2) is 55.1 Å². The van der Waals surface area contributed by atoms with Gasteiger partial charge in [0.25, 0.3) is 5.91 Å². The summed E-state index contributed by atoms with van der Waals surface area (Å²) >= 11 is 0. The van der Waals surface area contributed by atoms with E-state index in [2.05, 4.69) is 38.2 Å². The van der Waals surface area contributed by atoms with E-state index in [0.717, 1.165) is 29.4 Å². The molecule has 0 atom stereocenters. The standard InChI is InChI=1S/C29H25N9O/c30-9-8-29(38-17-23(16-35-38)26-22(14-32)15-34-27-25(26)5-10-33-27)18-37(19-29)24-6-11-36(12-7-24)28(39)21-3-1-20(13-31)2-4-21/h1-5,10,15-17,24H,6-8,11-12,18-19H2,(H,33,34). The molecule has 10 heteroatoms. The van der Waals surface area contributed by atoms with E-state index in [9.17, 15) is 15.3 Å². The van der Waals surface area contributed by atoms with Crippen molar-refractivity contribution in [1.82, 2.24) is 29.5 Å². The lowest BCUT2D eigenvalue weighted by atomic mass is 9.83. The Hall–Kier alpha value is -4.98. The molecule has 0 bridgehead atoms. The van der Waals surface area contributed by atoms with Crippen molar-refractivity contribution in [3.8, 4) is 29.3 Å². The second-order valence-electron chi connectivity index (χ2n) is 10.2. The normalized spacial score (nSPS) is 17.2. The molecule has 1 amide bonds. The first kappa shape index (κ1) is 24.4. The van der Waals surface area contributed by atoms with Crippen LogP contribution in [0.25, 0.3) is 22.2 Å². The van der Waals surface area contributed by atoms with Crippen LogP contribution < -0.4 is 0 Å². The lowest BCUT2D eigenvalue weighted by molar-refractivity contribution is -0.0412. The molecular formula is C29H25N9O. The van der Waals surface area contributed by atoms with Crippen molar-refractivity contribution in [3.05, 3.63) is 71.8 Å². The molecule has 1 N–H and O–H groups in total. The number of benzene rings is 1. The third-order valence-corrected chi connectivity index (χ3v) is 8.00. The van der Waals surface area contributed by atoms with Gasteiger partial charge in [0.15, 0.2) is 0 Å². The highest BCUT2D eigenvalue weighted by Gasteiger charge is 2.48. The maximum Gasteiger partial charge on any atom is 0.253 e. The fourth-order valence-electron chi connectivity index (χ4n) is 5.87. The van der Waals surface area contributed by atoms with Crippen LogP contribution in [0.2, 0.25) is 0 Å². The highest BCUT2D eigenvalue weighted by molar-refractivity contribution is 5.95. The number of fused-ring (bicyclic) bond motifs is 1. The number of carbonyl (C=O) groups excluding carboxylic acids is 1. The SMILES string of the molecule is N#CCC1(n2cc(-c3c(C#N)cnc4[nH]ccc34)cn2)CN(C2CCN(C(=O)c3ccc(C#N)cc3)CC2)C1. The third-order valence-electron chi connectivity index (χ3n) is 8.00. The van der Waals surface area contributed by atoms with E-state index in [1.807, 2.05) is 21.8 Å². The quantitative estimate of drug-likeness (QED) is 0.429. The van der Waals surface area contributed by atoms with Crippen LogP contribution >= 0.6 is 0 Å². The number of H-pyrrole nitrogens is 1. The minimum atomic E-state index is -0.431. The van der Waals surface area contributed by atoms with Crippen molar-refractivity contribution in [2.24, 2.45) is 0 Å². The summed E-state index contributed by atoms with van der Waals surface area (Å²) in [5.74, 6) is -0.00572. The lowest BCUT2D eigenvalue weighted by Crippen LogP contribution is -2.66. The topological polar surface area (TPSA) is 141 Å². The maximum absolute atomic E-state index is 12.9. The van der Waals surface area contributed by atoms with Gasteiger partial charge in [-0.3, -0.25) is 14.4 Å². The number of nitrogens with one attached hydrogen (secondary N) is 1. The minimum Gasteiger partial charge on any atom is -0.346 e. The van der Waals surface area contributed by atoms with Crippen molar-refractivity contribution < 1.29 is 4.79 Å². The predicted molar refractivity (Wildman–Crippen MR) is 142 cm³/mol. The smallest absolute Gasteiger partial charge is 0.253 e. The van der Waals surface area contributed by atoms with Gasteiger partial charge in [-0.25, -0.2) is 4.98 Å². The zero-order valence-electron chi connectivity index (χ0n) is 21.2. The first-order chi connectivity index (χ1) is 19.0. The molecule has 2 fully saturated rings. The van der Waals surface area contributed by atoms with Gasteiger partial charge in [-0.1, -0.05) is 0 Å². The highest BCUT2D eigenvalue weighted by Crippen LogP contribution is 2.38. The number of likely N-dealkylation sites (tertiary alicyclic amines) is 2. The maximum atomic E-state index is 12.9. The van der Waals surface area contributed by atoms with Crippen molar-refractivity contribution >= 4 is 16.9 Å². The number of piperidine rings is 1. The molecule has 3 aromatic heterocycles. The Morgan fingerprint density at radius 2 is 1.82 bits per heavy atom. The molecule has 2 aliphatic rings. The van der Waals surface area contributed by atoms with E-state index in [-0.39, 0.29) is 5.91 Å². The molecule has 6 rings (SSSR count). The fraction of sp³-hybridized carbons (Fsp3) is 0.310. The largest absolute Gasteiger partial charge is 0.346 e. The summed E-state index contributed by atoms with van der Waals surface area (Å²) in [6.07, 6.45) is 9.14. The van der Waals surface area contributed by atoms with Gasteiger partial charge in [0.05, 0.1) is 35.9 Å². The number of carbonyl (C=O) groups is 1. The van der Waals surface area contributed by atoms with Crippen molar-refractivity contribution in [2.45, 2.75) is 30.8 Å². The fourth-order valence-corrected chi connectivity index (χ4v) is 5.87. The number of hydrogen-bond acceptors (Lipinski definition) is 7. The van der Waals surface area contributed by atoms with E-state index < -0.39 is 5.54 Å². The molecule has 0 aliphatic carbocycles. The van der Waals surface area contributed by atoms with Gasteiger partial charge in [0, 0.05) is 72.9 Å². The monoisotopic (exact) mass is 515 g/mol. The van der Waals surface area contributed by atoms with Crippen LogP contribution in [0.4, 0.5) is 0 Å². The third kappa shape index (κ3) is 4.20. The number of hydrogen-bond donors (Lipinski definition) is 1. The van der Waals surface area contributed by atoms with Crippen LogP contribution in [-0.4, -0.2) is 67.7 Å². The molecule has 2 aliphatic heterocycles. The number of nitrogens with zero attached hydrogens (tertiary/aromatic N) is 8. The summed E-state index contributed by atoms with van der Waals surface area (Å²) in [5, 5.41) is 33.8. The summed E-state index contributed by atoms with van der Waals surface area (Å²) in [7, 11) is 0. The number of pyridine rings is 1. The summed E-state index contributed by atoms with van der Waals surface area (Å²) < 4.78 is 1.89. The number of nitriles is 3. The summed E-state index contributed by atoms with van der Waals surface area (Å²) in [5.41, 5.74) is 3.51. The Labute approximate surface area is 225 Å². The first-order valence-corrected chi connectivity index (χ1v) is 12.9. The zero-order chi connectivity index (χ0) is 27.0. The molecule has 39 heavy (non-hydrogen) atoms. The minimum absolute atomic E-state index is 0.00572. The van der Waals surface area contributed by atoms with E-state index in [4.69, 9.17) is 5.26 Å². The average Bonchev–Trinajstić information content (AvgIpc) is 3.64. The second-order valence-corrected chi connectivity index (χ2v) is 10.2. The highest BCUT2D eigenvalue weighted by atomic mass is 16.2. The summed E-state index contributed by atoms with van der Waals surface area (Å²) in [4.78, 5) is 24.6. The Morgan fingerprint density at radius 3 is 2.51 bits per heavy atom. The van der Waals surface area contributed by atoms with E-state index >= 15 is 0 Å².